The van der Waals surface area contributed by atoms with Crippen molar-refractivity contribution in [2.75, 3.05) is 14.2 Å². The molecule has 0 radical (unpaired) electrons. The van der Waals surface area contributed by atoms with Crippen LogP contribution in [0.15, 0.2) is 182 Å². The number of phenols is 4. The number of Topliss-reactive ketones (excluding diaryl/α,β-unsaturated/α-hetero) is 2. The summed E-state index contributed by atoms with van der Waals surface area (Å²) in [6.45, 7) is 33.2. The molecule has 0 bridgehead atoms. The SMILES string of the molecule is COc1c(C)cc(-c2ccc3c(c2)CCC3=O)cc1C.COc1c(C)cc(-c2ccc3c(c2)CCC3C)cc1C.Cc1cc(-c2ccc3c(c2)CCC3=O)cc(C)c1O.Cc1cc(-c2ccc3c(c2)CCC3C)cc(C)c1O.Cc1cc(-c2ccc3c(c2)CC[C@@H]3C)cc(C)c1O.Cc1cc(-c2ccc3c(c2)CC[C@H]3C)cc(C)c1O. The molecule has 0 saturated heterocycles. The molecule has 596 valence electrons. The molecule has 116 heavy (non-hydrogen) atoms. The average molecular weight is 1540 g/mol. The number of hydrogen-bond donors (Lipinski definition) is 4. The minimum Gasteiger partial charge on any atom is -0.507 e. The van der Waals surface area contributed by atoms with Gasteiger partial charge in [0.1, 0.15) is 34.5 Å². The number of phenolic OH excluding ortho intramolecular Hbond substituents is 4. The van der Waals surface area contributed by atoms with Crippen molar-refractivity contribution in [3.8, 4) is 101 Å². The molecule has 0 aliphatic heterocycles. The van der Waals surface area contributed by atoms with Crippen LogP contribution in [0.4, 0.5) is 0 Å². The molecule has 0 saturated carbocycles. The number of benzene rings is 12. The Balaban J connectivity index is 0.000000121. The van der Waals surface area contributed by atoms with Gasteiger partial charge in [0.25, 0.3) is 0 Å². The van der Waals surface area contributed by atoms with Gasteiger partial charge in [-0.2, -0.15) is 0 Å². The molecule has 6 aliphatic rings. The van der Waals surface area contributed by atoms with Crippen LogP contribution in [-0.4, -0.2) is 46.2 Å². The van der Waals surface area contributed by atoms with Gasteiger partial charge in [0, 0.05) is 24.0 Å². The van der Waals surface area contributed by atoms with Gasteiger partial charge in [-0.25, -0.2) is 0 Å². The number of fused-ring (bicyclic) bond motifs is 6. The number of rotatable bonds is 8. The van der Waals surface area contributed by atoms with E-state index < -0.39 is 0 Å². The largest absolute Gasteiger partial charge is 0.507 e. The van der Waals surface area contributed by atoms with Crippen LogP contribution in [0.2, 0.25) is 0 Å². The summed E-state index contributed by atoms with van der Waals surface area (Å²) in [6.07, 6.45) is 12.9. The average Bonchev–Trinajstić information content (AvgIpc) is 1.59. The number of aromatic hydroxyl groups is 4. The van der Waals surface area contributed by atoms with Gasteiger partial charge >= 0.3 is 0 Å². The number of aryl methyl sites for hydroxylation is 18. The van der Waals surface area contributed by atoms with Crippen LogP contribution in [0.5, 0.6) is 34.5 Å². The van der Waals surface area contributed by atoms with Crippen molar-refractivity contribution in [2.24, 2.45) is 0 Å². The molecule has 12 aromatic rings. The fraction of sp³-hybridized carbons (Fsp3) is 0.315. The van der Waals surface area contributed by atoms with Gasteiger partial charge in [-0.1, -0.05) is 137 Å². The molecule has 8 heteroatoms. The summed E-state index contributed by atoms with van der Waals surface area (Å²) in [5.41, 5.74) is 42.9. The maximum absolute atomic E-state index is 11.7. The van der Waals surface area contributed by atoms with Gasteiger partial charge < -0.3 is 29.9 Å². The van der Waals surface area contributed by atoms with Gasteiger partial charge in [-0.05, 0) is 433 Å². The van der Waals surface area contributed by atoms with Gasteiger partial charge in [-0.15, -0.1) is 0 Å². The summed E-state index contributed by atoms with van der Waals surface area (Å²) in [7, 11) is 3.45. The lowest BCUT2D eigenvalue weighted by molar-refractivity contribution is 0.0986. The van der Waals surface area contributed by atoms with Crippen LogP contribution >= 0.6 is 0 Å². The van der Waals surface area contributed by atoms with E-state index in [4.69, 9.17) is 9.47 Å². The Labute approximate surface area is 689 Å². The maximum Gasteiger partial charge on any atom is 0.163 e. The Hall–Kier alpha value is -11.2. The van der Waals surface area contributed by atoms with Crippen molar-refractivity contribution in [3.63, 3.8) is 0 Å². The van der Waals surface area contributed by atoms with E-state index in [1.807, 2.05) is 91.8 Å². The van der Waals surface area contributed by atoms with E-state index in [0.29, 0.717) is 53.6 Å². The third-order valence-electron chi connectivity index (χ3n) is 25.4. The van der Waals surface area contributed by atoms with E-state index >= 15 is 0 Å². The third kappa shape index (κ3) is 17.8. The highest BCUT2D eigenvalue weighted by atomic mass is 16.5. The Morgan fingerprint density at radius 1 is 0.233 bits per heavy atom. The van der Waals surface area contributed by atoms with Crippen molar-refractivity contribution in [2.45, 2.75) is 212 Å². The summed E-state index contributed by atoms with van der Waals surface area (Å²) in [5.74, 6) is 6.91. The number of carbonyl (C=O) groups is 2. The highest BCUT2D eigenvalue weighted by molar-refractivity contribution is 6.01. The first-order chi connectivity index (χ1) is 55.4. The molecule has 4 N–H and O–H groups in total. The highest BCUT2D eigenvalue weighted by Crippen LogP contribution is 2.44. The molecule has 0 spiro atoms. The fourth-order valence-corrected chi connectivity index (χ4v) is 18.7. The number of hydrogen-bond acceptors (Lipinski definition) is 8. The first-order valence-electron chi connectivity index (χ1n) is 41.8. The second kappa shape index (κ2) is 35.1. The zero-order valence-corrected chi connectivity index (χ0v) is 71.5. The van der Waals surface area contributed by atoms with Crippen LogP contribution < -0.4 is 9.47 Å². The zero-order valence-electron chi connectivity index (χ0n) is 71.5. The summed E-state index contributed by atoms with van der Waals surface area (Å²) in [6, 6.07) is 64.7. The van der Waals surface area contributed by atoms with E-state index in [0.717, 1.165) is 114 Å². The number of ether oxygens (including phenoxy) is 2. The monoisotopic (exact) mass is 1540 g/mol. The van der Waals surface area contributed by atoms with E-state index in [1.165, 1.54) is 168 Å². The summed E-state index contributed by atoms with van der Waals surface area (Å²) in [4.78, 5) is 23.3. The molecule has 2 unspecified atom stereocenters. The summed E-state index contributed by atoms with van der Waals surface area (Å²) < 4.78 is 10.9. The van der Waals surface area contributed by atoms with Crippen molar-refractivity contribution >= 4 is 11.6 Å². The lowest BCUT2D eigenvalue weighted by Gasteiger charge is -2.13. The number of methoxy groups -OCH3 is 2. The van der Waals surface area contributed by atoms with Gasteiger partial charge in [0.2, 0.25) is 0 Å². The number of ketones is 2. The molecular formula is C108H116O8. The first kappa shape index (κ1) is 82.8. The minimum absolute atomic E-state index is 0.250. The molecule has 12 aromatic carbocycles. The minimum atomic E-state index is 0.250. The second-order valence-electron chi connectivity index (χ2n) is 34.1. The third-order valence-corrected chi connectivity index (χ3v) is 25.4. The van der Waals surface area contributed by atoms with Crippen molar-refractivity contribution < 1.29 is 39.5 Å². The van der Waals surface area contributed by atoms with Crippen LogP contribution in [0.1, 0.15) is 233 Å². The molecule has 6 aliphatic carbocycles. The normalized spacial score (nSPS) is 16.1. The molecule has 0 aromatic heterocycles. The zero-order chi connectivity index (χ0) is 82.8. The lowest BCUT2D eigenvalue weighted by atomic mass is 9.95. The molecule has 0 heterocycles. The summed E-state index contributed by atoms with van der Waals surface area (Å²) >= 11 is 0. The quantitative estimate of drug-likeness (QED) is 0.118. The Morgan fingerprint density at radius 2 is 0.422 bits per heavy atom. The van der Waals surface area contributed by atoms with Gasteiger partial charge in [0.05, 0.1) is 14.2 Å². The fourth-order valence-electron chi connectivity index (χ4n) is 18.7. The van der Waals surface area contributed by atoms with Gasteiger partial charge in [-0.3, -0.25) is 9.59 Å². The predicted molar refractivity (Wildman–Crippen MR) is 480 cm³/mol. The highest BCUT2D eigenvalue weighted by Gasteiger charge is 2.26. The van der Waals surface area contributed by atoms with E-state index in [9.17, 15) is 30.0 Å². The Kier molecular flexibility index (Phi) is 25.0. The topological polar surface area (TPSA) is 134 Å². The van der Waals surface area contributed by atoms with E-state index in [-0.39, 0.29) is 11.6 Å². The smallest absolute Gasteiger partial charge is 0.163 e. The van der Waals surface area contributed by atoms with Crippen molar-refractivity contribution in [3.05, 3.63) is 316 Å². The first-order valence-corrected chi connectivity index (χ1v) is 41.8. The molecule has 0 fully saturated rings. The van der Waals surface area contributed by atoms with Crippen LogP contribution in [0.25, 0.3) is 66.8 Å². The summed E-state index contributed by atoms with van der Waals surface area (Å²) in [5, 5.41) is 39.4. The standard InChI is InChI=1S/C19H22O.C18H18O2.3C18H20O.C17H16O2/c1-12-5-6-16-11-15(7-8-18(12)16)17-9-13(2)19(20-4)14(3)10-17;1-11-8-15(9-12(2)18(11)20-3)13-4-6-16-14(10-13)5-7-17(16)19;3*1-11-4-5-15-10-14(6-7-17(11)15)16-8-12(2)18(19)13(3)9-16;1-10-7-14(8-11(2)17(10)19)12-3-5-15-13(9-12)4-6-16(15)18/h7-12H,5-6H2,1-4H3;4,6,8-10H,5,7H2,1-3H3;3*6-11,19H,4-5H2,1-3H3;3,5,7-9,19H,4,6H2,1-2H3/t;;2*11-;;/m..10../s1. The van der Waals surface area contributed by atoms with Crippen LogP contribution in [0, 0.1) is 83.1 Å². The molecule has 4 atom stereocenters. The Bertz CT molecular complexity index is 5370. The molecule has 0 amide bonds. The molecular weight excluding hydrogens is 1430 g/mol. The number of carbonyl (C=O) groups excluding carboxylic acids is 2. The molecule has 8 nitrogen and oxygen atoms in total. The van der Waals surface area contributed by atoms with Crippen LogP contribution in [-0.2, 0) is 38.5 Å². The van der Waals surface area contributed by atoms with Gasteiger partial charge in [0.15, 0.2) is 11.6 Å². The Morgan fingerprint density at radius 3 is 0.629 bits per heavy atom. The molecule has 18 rings (SSSR count). The lowest BCUT2D eigenvalue weighted by Crippen LogP contribution is -1.93. The second-order valence-corrected chi connectivity index (χ2v) is 34.1. The predicted octanol–water partition coefficient (Wildman–Crippen LogP) is 27.1. The van der Waals surface area contributed by atoms with Crippen molar-refractivity contribution in [1.29, 1.82) is 0 Å². The van der Waals surface area contributed by atoms with Crippen LogP contribution in [0.3, 0.4) is 0 Å². The van der Waals surface area contributed by atoms with E-state index in [1.54, 1.807) is 14.2 Å². The maximum atomic E-state index is 11.7. The van der Waals surface area contributed by atoms with E-state index in [2.05, 4.69) is 201 Å². The van der Waals surface area contributed by atoms with Crippen molar-refractivity contribution in [1.82, 2.24) is 0 Å².